The second-order valence-corrected chi connectivity index (χ2v) is 9.27. The molecule has 2 aromatic carbocycles. The van der Waals surface area contributed by atoms with Crippen LogP contribution in [0.4, 0.5) is 0 Å². The molecule has 3 rings (SSSR count). The molecule has 0 saturated carbocycles. The lowest BCUT2D eigenvalue weighted by atomic mass is 10.1. The van der Waals surface area contributed by atoms with Crippen LogP contribution in [0.1, 0.15) is 37.8 Å². The number of hydrogen-bond donors (Lipinski definition) is 2. The van der Waals surface area contributed by atoms with E-state index in [9.17, 15) is 0 Å². The number of guanidine groups is 1. The number of ether oxygens (including phenoxy) is 2. The van der Waals surface area contributed by atoms with Gasteiger partial charge in [0, 0.05) is 36.4 Å². The molecule has 1 aliphatic heterocycles. The Morgan fingerprint density at radius 2 is 1.87 bits per heavy atom. The molecule has 5 nitrogen and oxygen atoms in total. The van der Waals surface area contributed by atoms with Crippen molar-refractivity contribution in [3.05, 3.63) is 65.7 Å². The summed E-state index contributed by atoms with van der Waals surface area (Å²) in [4.78, 5) is 6.07. The zero-order valence-electron chi connectivity index (χ0n) is 18.7. The molecule has 0 spiro atoms. The molecule has 31 heavy (non-hydrogen) atoms. The monoisotopic (exact) mass is 441 g/mol. The molecule has 0 radical (unpaired) electrons. The van der Waals surface area contributed by atoms with E-state index in [1.807, 2.05) is 11.8 Å². The molecule has 0 amide bonds. The number of rotatable bonds is 10. The number of hydrogen-bond acceptors (Lipinski definition) is 4. The SMILES string of the molecule is CCNC(=NCc1cccc(COC2CCOCC2)c1)NCC(C)Sc1ccccc1. The Kier molecular flexibility index (Phi) is 10.2. The van der Waals surface area contributed by atoms with Gasteiger partial charge in [0.1, 0.15) is 0 Å². The minimum Gasteiger partial charge on any atom is -0.381 e. The van der Waals surface area contributed by atoms with Crippen LogP contribution in [0, 0.1) is 0 Å². The fraction of sp³-hybridized carbons (Fsp3) is 0.480. The third-order valence-electron chi connectivity index (χ3n) is 5.05. The number of nitrogens with one attached hydrogen (secondary N) is 2. The van der Waals surface area contributed by atoms with E-state index < -0.39 is 0 Å². The lowest BCUT2D eigenvalue weighted by Gasteiger charge is -2.22. The maximum atomic E-state index is 6.06. The minimum absolute atomic E-state index is 0.315. The van der Waals surface area contributed by atoms with E-state index in [-0.39, 0.29) is 0 Å². The lowest BCUT2D eigenvalue weighted by Crippen LogP contribution is -2.40. The summed E-state index contributed by atoms with van der Waals surface area (Å²) in [6.07, 6.45) is 2.29. The third kappa shape index (κ3) is 8.93. The Morgan fingerprint density at radius 1 is 1.10 bits per heavy atom. The van der Waals surface area contributed by atoms with Gasteiger partial charge < -0.3 is 20.1 Å². The van der Waals surface area contributed by atoms with Crippen molar-refractivity contribution >= 4 is 17.7 Å². The van der Waals surface area contributed by atoms with Crippen LogP contribution in [0.25, 0.3) is 0 Å². The second kappa shape index (κ2) is 13.4. The van der Waals surface area contributed by atoms with Crippen molar-refractivity contribution in [3.63, 3.8) is 0 Å². The summed E-state index contributed by atoms with van der Waals surface area (Å²) in [6, 6.07) is 19.0. The molecule has 1 unspecified atom stereocenters. The first-order chi connectivity index (χ1) is 15.2. The van der Waals surface area contributed by atoms with Gasteiger partial charge in [-0.25, -0.2) is 4.99 Å². The maximum absolute atomic E-state index is 6.06. The topological polar surface area (TPSA) is 54.9 Å². The van der Waals surface area contributed by atoms with Gasteiger partial charge in [-0.1, -0.05) is 49.4 Å². The van der Waals surface area contributed by atoms with Gasteiger partial charge in [-0.3, -0.25) is 0 Å². The van der Waals surface area contributed by atoms with Crippen LogP contribution in [0.2, 0.25) is 0 Å². The van der Waals surface area contributed by atoms with Crippen molar-refractivity contribution in [2.24, 2.45) is 4.99 Å². The summed E-state index contributed by atoms with van der Waals surface area (Å²) in [7, 11) is 0. The van der Waals surface area contributed by atoms with Gasteiger partial charge in [0.15, 0.2) is 5.96 Å². The van der Waals surface area contributed by atoms with Crippen LogP contribution in [0.5, 0.6) is 0 Å². The van der Waals surface area contributed by atoms with E-state index >= 15 is 0 Å². The summed E-state index contributed by atoms with van der Waals surface area (Å²) < 4.78 is 11.5. The third-order valence-corrected chi connectivity index (χ3v) is 6.16. The molecule has 168 valence electrons. The smallest absolute Gasteiger partial charge is 0.191 e. The Bertz CT molecular complexity index is 794. The van der Waals surface area contributed by atoms with Crippen molar-refractivity contribution < 1.29 is 9.47 Å². The molecule has 0 aliphatic carbocycles. The zero-order valence-corrected chi connectivity index (χ0v) is 19.5. The lowest BCUT2D eigenvalue weighted by molar-refractivity contribution is -0.0390. The summed E-state index contributed by atoms with van der Waals surface area (Å²) >= 11 is 1.87. The predicted octanol–water partition coefficient (Wildman–Crippen LogP) is 4.62. The normalized spacial score (nSPS) is 16.1. The molecule has 1 aliphatic rings. The van der Waals surface area contributed by atoms with Crippen molar-refractivity contribution in [3.8, 4) is 0 Å². The van der Waals surface area contributed by atoms with Crippen LogP contribution >= 0.6 is 11.8 Å². The van der Waals surface area contributed by atoms with Crippen molar-refractivity contribution in [1.82, 2.24) is 10.6 Å². The molecule has 6 heteroatoms. The van der Waals surface area contributed by atoms with Gasteiger partial charge in [0.2, 0.25) is 0 Å². The summed E-state index contributed by atoms with van der Waals surface area (Å²) in [5, 5.41) is 7.26. The first-order valence-electron chi connectivity index (χ1n) is 11.2. The van der Waals surface area contributed by atoms with Gasteiger partial charge >= 0.3 is 0 Å². The largest absolute Gasteiger partial charge is 0.381 e. The standard InChI is InChI=1S/C25H35N3O2S/c1-3-26-25(27-17-20(2)31-24-10-5-4-6-11-24)28-18-21-8-7-9-22(16-21)19-30-23-12-14-29-15-13-23/h4-11,16,20,23H,3,12-15,17-19H2,1-2H3,(H2,26,27,28). The van der Waals surface area contributed by atoms with Crippen LogP contribution in [-0.4, -0.2) is 43.6 Å². The Balaban J connectivity index is 1.48. The van der Waals surface area contributed by atoms with E-state index in [0.717, 1.165) is 45.1 Å². The highest BCUT2D eigenvalue weighted by atomic mass is 32.2. The number of benzene rings is 2. The van der Waals surface area contributed by atoms with Crippen molar-refractivity contribution in [2.75, 3.05) is 26.3 Å². The molecular formula is C25H35N3O2S. The molecule has 1 heterocycles. The highest BCUT2D eigenvalue weighted by molar-refractivity contribution is 8.00. The van der Waals surface area contributed by atoms with Crippen molar-refractivity contribution in [2.45, 2.75) is 56.1 Å². The molecule has 1 saturated heterocycles. The van der Waals surface area contributed by atoms with Crippen LogP contribution in [-0.2, 0) is 22.6 Å². The van der Waals surface area contributed by atoms with E-state index in [4.69, 9.17) is 14.5 Å². The fourth-order valence-electron chi connectivity index (χ4n) is 3.40. The van der Waals surface area contributed by atoms with E-state index in [2.05, 4.69) is 79.1 Å². The average Bonchev–Trinajstić information content (AvgIpc) is 2.81. The molecule has 2 aromatic rings. The second-order valence-electron chi connectivity index (χ2n) is 7.76. The Morgan fingerprint density at radius 3 is 2.65 bits per heavy atom. The molecule has 0 bridgehead atoms. The number of nitrogens with zero attached hydrogens (tertiary/aromatic N) is 1. The van der Waals surface area contributed by atoms with Gasteiger partial charge in [-0.05, 0) is 43.0 Å². The van der Waals surface area contributed by atoms with E-state index in [0.29, 0.717) is 24.5 Å². The highest BCUT2D eigenvalue weighted by Gasteiger charge is 2.14. The predicted molar refractivity (Wildman–Crippen MR) is 130 cm³/mol. The van der Waals surface area contributed by atoms with Gasteiger partial charge in [-0.2, -0.15) is 0 Å². The average molecular weight is 442 g/mol. The van der Waals surface area contributed by atoms with E-state index in [1.165, 1.54) is 16.0 Å². The molecule has 2 N–H and O–H groups in total. The van der Waals surface area contributed by atoms with E-state index in [1.54, 1.807) is 0 Å². The highest BCUT2D eigenvalue weighted by Crippen LogP contribution is 2.22. The summed E-state index contributed by atoms with van der Waals surface area (Å²) in [5.41, 5.74) is 2.39. The number of thioether (sulfide) groups is 1. The Labute approximate surface area is 191 Å². The molecule has 1 fully saturated rings. The van der Waals surface area contributed by atoms with Crippen LogP contribution in [0.15, 0.2) is 64.5 Å². The quantitative estimate of drug-likeness (QED) is 0.320. The first-order valence-corrected chi connectivity index (χ1v) is 12.1. The van der Waals surface area contributed by atoms with Gasteiger partial charge in [-0.15, -0.1) is 11.8 Å². The maximum Gasteiger partial charge on any atom is 0.191 e. The number of aliphatic imine (C=N–C) groups is 1. The van der Waals surface area contributed by atoms with Crippen molar-refractivity contribution in [1.29, 1.82) is 0 Å². The van der Waals surface area contributed by atoms with Crippen LogP contribution < -0.4 is 10.6 Å². The van der Waals surface area contributed by atoms with Crippen LogP contribution in [0.3, 0.4) is 0 Å². The molecular weight excluding hydrogens is 406 g/mol. The summed E-state index contributed by atoms with van der Waals surface area (Å²) in [6.45, 7) is 8.92. The summed E-state index contributed by atoms with van der Waals surface area (Å²) in [5.74, 6) is 0.854. The Hall–Kier alpha value is -2.02. The zero-order chi connectivity index (χ0) is 21.7. The van der Waals surface area contributed by atoms with Gasteiger partial charge in [0.05, 0.1) is 19.3 Å². The fourth-order valence-corrected chi connectivity index (χ4v) is 4.35. The van der Waals surface area contributed by atoms with Gasteiger partial charge in [0.25, 0.3) is 0 Å². The minimum atomic E-state index is 0.315. The molecule has 1 atom stereocenters. The first kappa shape index (κ1) is 23.6. The molecule has 0 aromatic heterocycles.